The molecule has 3 nitrogen and oxygen atoms in total. The zero-order valence-electron chi connectivity index (χ0n) is 11.3. The molecule has 0 spiro atoms. The number of halogens is 1. The Bertz CT molecular complexity index is 452. The summed E-state index contributed by atoms with van der Waals surface area (Å²) in [5.74, 6) is 0.857. The summed E-state index contributed by atoms with van der Waals surface area (Å²) in [4.78, 5) is 2.09. The van der Waals surface area contributed by atoms with Crippen LogP contribution in [0.2, 0.25) is 5.02 Å². The summed E-state index contributed by atoms with van der Waals surface area (Å²) >= 11 is 6.12. The maximum absolute atomic E-state index is 8.75. The second-order valence-electron chi connectivity index (χ2n) is 4.52. The van der Waals surface area contributed by atoms with Crippen LogP contribution in [0.1, 0.15) is 30.0 Å². The molecule has 0 aliphatic heterocycles. The van der Waals surface area contributed by atoms with Crippen LogP contribution < -0.4 is 4.74 Å². The number of hydrogen-bond donors (Lipinski definition) is 0. The zero-order chi connectivity index (χ0) is 13.7. The lowest BCUT2D eigenvalue weighted by molar-refractivity contribution is 0.276. The van der Waals surface area contributed by atoms with Crippen molar-refractivity contribution in [1.29, 1.82) is 5.26 Å². The minimum atomic E-state index is 0.136. The summed E-state index contributed by atoms with van der Waals surface area (Å²) in [6.45, 7) is 1.98. The molecule has 0 aliphatic carbocycles. The Kier molecular flexibility index (Phi) is 5.46. The van der Waals surface area contributed by atoms with Gasteiger partial charge in [-0.1, -0.05) is 11.6 Å². The number of rotatable bonds is 5. The molecule has 18 heavy (non-hydrogen) atoms. The molecular formula is C14H19ClN2O. The topological polar surface area (TPSA) is 36.3 Å². The molecule has 1 atom stereocenters. The standard InChI is InChI=1S/C14H19ClN2O/c1-10-8-11(15)9-12(14(10)18-4)13(17(2)3)6-5-7-16/h8-9,13H,5-6H2,1-4H3. The van der Waals surface area contributed by atoms with Crippen molar-refractivity contribution in [3.63, 3.8) is 0 Å². The minimum absolute atomic E-state index is 0.136. The number of nitrogens with zero attached hydrogens (tertiary/aromatic N) is 2. The van der Waals surface area contributed by atoms with E-state index in [1.54, 1.807) is 7.11 Å². The molecule has 0 N–H and O–H groups in total. The van der Waals surface area contributed by atoms with E-state index in [2.05, 4.69) is 11.0 Å². The van der Waals surface area contributed by atoms with E-state index in [4.69, 9.17) is 21.6 Å². The van der Waals surface area contributed by atoms with E-state index in [1.807, 2.05) is 33.2 Å². The van der Waals surface area contributed by atoms with Gasteiger partial charge in [0.2, 0.25) is 0 Å². The van der Waals surface area contributed by atoms with Crippen LogP contribution in [0.5, 0.6) is 5.75 Å². The number of benzene rings is 1. The second-order valence-corrected chi connectivity index (χ2v) is 4.96. The first-order chi connectivity index (χ1) is 8.51. The van der Waals surface area contributed by atoms with Crippen molar-refractivity contribution in [2.45, 2.75) is 25.8 Å². The molecule has 0 heterocycles. The van der Waals surface area contributed by atoms with Crippen LogP contribution in [0.4, 0.5) is 0 Å². The number of methoxy groups -OCH3 is 1. The Hall–Kier alpha value is -1.24. The normalized spacial score (nSPS) is 12.3. The van der Waals surface area contributed by atoms with E-state index in [0.29, 0.717) is 11.4 Å². The highest BCUT2D eigenvalue weighted by Gasteiger charge is 2.20. The predicted molar refractivity (Wildman–Crippen MR) is 74.0 cm³/mol. The lowest BCUT2D eigenvalue weighted by Gasteiger charge is -2.26. The number of aryl methyl sites for hydroxylation is 1. The van der Waals surface area contributed by atoms with Gasteiger partial charge in [0.15, 0.2) is 0 Å². The van der Waals surface area contributed by atoms with Crippen molar-refractivity contribution in [3.8, 4) is 11.8 Å². The molecule has 0 saturated carbocycles. The van der Waals surface area contributed by atoms with Crippen LogP contribution in [-0.4, -0.2) is 26.1 Å². The van der Waals surface area contributed by atoms with E-state index in [0.717, 1.165) is 23.3 Å². The fourth-order valence-electron chi connectivity index (χ4n) is 2.18. The fraction of sp³-hybridized carbons (Fsp3) is 0.500. The third kappa shape index (κ3) is 3.38. The van der Waals surface area contributed by atoms with Crippen molar-refractivity contribution in [3.05, 3.63) is 28.3 Å². The molecule has 0 bridgehead atoms. The van der Waals surface area contributed by atoms with E-state index < -0.39 is 0 Å². The van der Waals surface area contributed by atoms with Gasteiger partial charge in [-0.15, -0.1) is 0 Å². The van der Waals surface area contributed by atoms with Gasteiger partial charge in [0.1, 0.15) is 5.75 Å². The highest BCUT2D eigenvalue weighted by Crippen LogP contribution is 2.36. The van der Waals surface area contributed by atoms with Crippen LogP contribution in [0.15, 0.2) is 12.1 Å². The summed E-state index contributed by atoms with van der Waals surface area (Å²) in [7, 11) is 5.66. The quantitative estimate of drug-likeness (QED) is 0.818. The highest BCUT2D eigenvalue weighted by atomic mass is 35.5. The van der Waals surface area contributed by atoms with E-state index >= 15 is 0 Å². The van der Waals surface area contributed by atoms with Gasteiger partial charge in [-0.05, 0) is 45.1 Å². The molecule has 98 valence electrons. The second kappa shape index (κ2) is 6.63. The molecule has 0 fully saturated rings. The average Bonchev–Trinajstić information content (AvgIpc) is 2.28. The van der Waals surface area contributed by atoms with Crippen molar-refractivity contribution in [2.75, 3.05) is 21.2 Å². The molecular weight excluding hydrogens is 248 g/mol. The fourth-order valence-corrected chi connectivity index (χ4v) is 2.46. The van der Waals surface area contributed by atoms with E-state index in [1.165, 1.54) is 0 Å². The van der Waals surface area contributed by atoms with Gasteiger partial charge in [-0.25, -0.2) is 0 Å². The largest absolute Gasteiger partial charge is 0.496 e. The van der Waals surface area contributed by atoms with Crippen LogP contribution in [-0.2, 0) is 0 Å². The Labute approximate surface area is 114 Å². The first-order valence-electron chi connectivity index (χ1n) is 5.88. The van der Waals surface area contributed by atoms with Gasteiger partial charge in [0, 0.05) is 23.0 Å². The third-order valence-electron chi connectivity index (χ3n) is 2.98. The molecule has 0 aromatic heterocycles. The maximum Gasteiger partial charge on any atom is 0.126 e. The molecule has 1 aromatic rings. The molecule has 0 amide bonds. The summed E-state index contributed by atoms with van der Waals surface area (Å²) in [5, 5.41) is 9.45. The maximum atomic E-state index is 8.75. The summed E-state index contributed by atoms with van der Waals surface area (Å²) in [6, 6.07) is 6.14. The number of nitriles is 1. The lowest BCUT2D eigenvalue weighted by atomic mass is 9.98. The number of ether oxygens (including phenoxy) is 1. The molecule has 0 aliphatic rings. The van der Waals surface area contributed by atoms with Crippen LogP contribution in [0.3, 0.4) is 0 Å². The molecule has 1 rings (SSSR count). The van der Waals surface area contributed by atoms with Crippen LogP contribution >= 0.6 is 11.6 Å². The van der Waals surface area contributed by atoms with Gasteiger partial charge >= 0.3 is 0 Å². The first kappa shape index (κ1) is 14.8. The predicted octanol–water partition coefficient (Wildman–Crippen LogP) is 3.56. The van der Waals surface area contributed by atoms with Crippen molar-refractivity contribution in [1.82, 2.24) is 4.90 Å². The number of hydrogen-bond acceptors (Lipinski definition) is 3. The average molecular weight is 267 g/mol. The highest BCUT2D eigenvalue weighted by molar-refractivity contribution is 6.30. The summed E-state index contributed by atoms with van der Waals surface area (Å²) < 4.78 is 5.47. The van der Waals surface area contributed by atoms with Crippen LogP contribution in [0.25, 0.3) is 0 Å². The monoisotopic (exact) mass is 266 g/mol. The first-order valence-corrected chi connectivity index (χ1v) is 6.26. The van der Waals surface area contributed by atoms with Crippen LogP contribution in [0, 0.1) is 18.3 Å². The Morgan fingerprint density at radius 2 is 2.11 bits per heavy atom. The molecule has 4 heteroatoms. The Morgan fingerprint density at radius 1 is 1.44 bits per heavy atom. The van der Waals surface area contributed by atoms with Crippen molar-refractivity contribution >= 4 is 11.6 Å². The third-order valence-corrected chi connectivity index (χ3v) is 3.20. The van der Waals surface area contributed by atoms with E-state index in [-0.39, 0.29) is 6.04 Å². The Balaban J connectivity index is 3.22. The SMILES string of the molecule is COc1c(C)cc(Cl)cc1C(CCC#N)N(C)C. The van der Waals surface area contributed by atoms with Crippen molar-refractivity contribution in [2.24, 2.45) is 0 Å². The van der Waals surface area contributed by atoms with Gasteiger partial charge < -0.3 is 9.64 Å². The molecule has 1 unspecified atom stereocenters. The molecule has 0 saturated heterocycles. The minimum Gasteiger partial charge on any atom is -0.496 e. The lowest BCUT2D eigenvalue weighted by Crippen LogP contribution is -2.20. The van der Waals surface area contributed by atoms with Gasteiger partial charge in [-0.2, -0.15) is 5.26 Å². The molecule has 1 aromatic carbocycles. The summed E-state index contributed by atoms with van der Waals surface area (Å²) in [6.07, 6.45) is 1.28. The van der Waals surface area contributed by atoms with E-state index in [9.17, 15) is 0 Å². The Morgan fingerprint density at radius 3 is 2.61 bits per heavy atom. The zero-order valence-corrected chi connectivity index (χ0v) is 12.1. The van der Waals surface area contributed by atoms with Gasteiger partial charge in [-0.3, -0.25) is 0 Å². The molecule has 0 radical (unpaired) electrons. The summed E-state index contributed by atoms with van der Waals surface area (Å²) in [5.41, 5.74) is 2.06. The van der Waals surface area contributed by atoms with Gasteiger partial charge in [0.25, 0.3) is 0 Å². The smallest absolute Gasteiger partial charge is 0.126 e. The van der Waals surface area contributed by atoms with Crippen molar-refractivity contribution < 1.29 is 4.74 Å². The van der Waals surface area contributed by atoms with Gasteiger partial charge in [0.05, 0.1) is 13.2 Å².